The van der Waals surface area contributed by atoms with Crippen molar-refractivity contribution < 1.29 is 9.15 Å². The first kappa shape index (κ1) is 12.5. The van der Waals surface area contributed by atoms with E-state index in [-0.39, 0.29) is 4.83 Å². The Labute approximate surface area is 114 Å². The van der Waals surface area contributed by atoms with Gasteiger partial charge in [0.05, 0.1) is 18.2 Å². The molecule has 0 fully saturated rings. The van der Waals surface area contributed by atoms with E-state index in [9.17, 15) is 0 Å². The molecule has 17 heavy (non-hydrogen) atoms. The van der Waals surface area contributed by atoms with Gasteiger partial charge < -0.3 is 9.15 Å². The van der Waals surface area contributed by atoms with Crippen LogP contribution in [-0.4, -0.2) is 7.11 Å². The molecular formula is C13H12BrClO2. The summed E-state index contributed by atoms with van der Waals surface area (Å²) in [4.78, 5) is 0.0263. The Morgan fingerprint density at radius 2 is 2.12 bits per heavy atom. The highest BCUT2D eigenvalue weighted by molar-refractivity contribution is 9.09. The lowest BCUT2D eigenvalue weighted by molar-refractivity contribution is 0.414. The van der Waals surface area contributed by atoms with Gasteiger partial charge in [0.2, 0.25) is 0 Å². The predicted octanol–water partition coefficient (Wildman–Crippen LogP) is 4.73. The molecule has 1 aromatic heterocycles. The number of methoxy groups -OCH3 is 1. The largest absolute Gasteiger partial charge is 0.497 e. The maximum absolute atomic E-state index is 6.22. The van der Waals surface area contributed by atoms with Gasteiger partial charge in [-0.1, -0.05) is 33.6 Å². The van der Waals surface area contributed by atoms with Crippen molar-refractivity contribution in [2.45, 2.75) is 11.8 Å². The molecule has 0 radical (unpaired) electrons. The summed E-state index contributed by atoms with van der Waals surface area (Å²) < 4.78 is 10.4. The number of ether oxygens (including phenoxy) is 1. The van der Waals surface area contributed by atoms with Gasteiger partial charge in [0.1, 0.15) is 11.5 Å². The van der Waals surface area contributed by atoms with Gasteiger partial charge in [-0.15, -0.1) is 0 Å². The van der Waals surface area contributed by atoms with Crippen LogP contribution in [0.4, 0.5) is 0 Å². The van der Waals surface area contributed by atoms with Gasteiger partial charge in [0.25, 0.3) is 0 Å². The number of hydrogen-bond donors (Lipinski definition) is 0. The number of rotatable bonds is 3. The van der Waals surface area contributed by atoms with Crippen molar-refractivity contribution in [3.63, 3.8) is 0 Å². The molecule has 0 aliphatic heterocycles. The zero-order valence-corrected chi connectivity index (χ0v) is 11.9. The molecule has 2 rings (SSSR count). The van der Waals surface area contributed by atoms with Crippen LogP contribution in [0.2, 0.25) is 5.02 Å². The first-order valence-electron chi connectivity index (χ1n) is 5.14. The van der Waals surface area contributed by atoms with Gasteiger partial charge in [-0.3, -0.25) is 0 Å². The van der Waals surface area contributed by atoms with Crippen molar-refractivity contribution in [1.82, 2.24) is 0 Å². The first-order chi connectivity index (χ1) is 8.11. The zero-order chi connectivity index (χ0) is 12.4. The lowest BCUT2D eigenvalue weighted by Crippen LogP contribution is -1.93. The maximum atomic E-state index is 6.22. The molecule has 1 aromatic carbocycles. The van der Waals surface area contributed by atoms with Crippen LogP contribution in [0.5, 0.6) is 5.75 Å². The second-order valence-electron chi connectivity index (χ2n) is 3.74. The van der Waals surface area contributed by atoms with E-state index in [0.717, 1.165) is 22.6 Å². The van der Waals surface area contributed by atoms with Crippen LogP contribution < -0.4 is 4.74 Å². The molecule has 2 nitrogen and oxygen atoms in total. The molecule has 2 aromatic rings. The molecule has 0 bridgehead atoms. The molecule has 1 heterocycles. The molecule has 1 atom stereocenters. The fourth-order valence-corrected chi connectivity index (χ4v) is 2.67. The average molecular weight is 316 g/mol. The maximum Gasteiger partial charge on any atom is 0.120 e. The summed E-state index contributed by atoms with van der Waals surface area (Å²) in [6.07, 6.45) is 1.73. The van der Waals surface area contributed by atoms with Crippen molar-refractivity contribution in [2.24, 2.45) is 0 Å². The Bertz CT molecular complexity index is 522. The first-order valence-corrected chi connectivity index (χ1v) is 6.43. The van der Waals surface area contributed by atoms with E-state index in [2.05, 4.69) is 15.9 Å². The molecule has 0 aliphatic rings. The van der Waals surface area contributed by atoms with E-state index >= 15 is 0 Å². The van der Waals surface area contributed by atoms with Gasteiger partial charge in [-0.25, -0.2) is 0 Å². The normalized spacial score (nSPS) is 12.5. The van der Waals surface area contributed by atoms with E-state index in [0.29, 0.717) is 5.02 Å². The van der Waals surface area contributed by atoms with Gasteiger partial charge in [-0.05, 0) is 30.7 Å². The van der Waals surface area contributed by atoms with Crippen molar-refractivity contribution in [2.75, 3.05) is 7.11 Å². The molecule has 0 saturated carbocycles. The number of benzene rings is 1. The third-order valence-corrected chi connectivity index (χ3v) is 3.87. The smallest absolute Gasteiger partial charge is 0.120 e. The summed E-state index contributed by atoms with van der Waals surface area (Å²) in [5.41, 5.74) is 2.04. The molecule has 0 saturated heterocycles. The minimum atomic E-state index is 0.0263. The number of hydrogen-bond acceptors (Lipinski definition) is 2. The molecule has 0 N–H and O–H groups in total. The predicted molar refractivity (Wildman–Crippen MR) is 72.2 cm³/mol. The Balaban J connectivity index is 2.34. The van der Waals surface area contributed by atoms with Gasteiger partial charge in [0, 0.05) is 10.6 Å². The molecule has 0 aliphatic carbocycles. The number of halogens is 2. The second kappa shape index (κ2) is 5.15. The van der Waals surface area contributed by atoms with Crippen LogP contribution in [0.1, 0.15) is 21.7 Å². The topological polar surface area (TPSA) is 22.4 Å². The summed E-state index contributed by atoms with van der Waals surface area (Å²) in [6.45, 7) is 1.92. The third-order valence-electron chi connectivity index (χ3n) is 2.52. The lowest BCUT2D eigenvalue weighted by Gasteiger charge is -2.11. The van der Waals surface area contributed by atoms with Crippen LogP contribution in [0, 0.1) is 6.92 Å². The van der Waals surface area contributed by atoms with Gasteiger partial charge in [-0.2, -0.15) is 0 Å². The van der Waals surface area contributed by atoms with E-state index in [1.54, 1.807) is 19.4 Å². The summed E-state index contributed by atoms with van der Waals surface area (Å²) in [5, 5.41) is 0.671. The average Bonchev–Trinajstić information content (AvgIpc) is 2.75. The van der Waals surface area contributed by atoms with Crippen LogP contribution >= 0.6 is 27.5 Å². The Hall–Kier alpha value is -0.930. The SMILES string of the molecule is COc1ccc(C(Br)c2coc(C)c2)c(Cl)c1. The molecule has 90 valence electrons. The van der Waals surface area contributed by atoms with Crippen molar-refractivity contribution in [3.8, 4) is 5.75 Å². The van der Waals surface area contributed by atoms with Crippen molar-refractivity contribution in [3.05, 3.63) is 52.4 Å². The van der Waals surface area contributed by atoms with E-state index in [1.165, 1.54) is 0 Å². The highest BCUT2D eigenvalue weighted by Crippen LogP contribution is 2.37. The molecule has 4 heteroatoms. The number of furan rings is 1. The second-order valence-corrected chi connectivity index (χ2v) is 5.06. The van der Waals surface area contributed by atoms with Crippen LogP contribution in [0.15, 0.2) is 34.9 Å². The quantitative estimate of drug-likeness (QED) is 0.764. The highest BCUT2D eigenvalue weighted by atomic mass is 79.9. The highest BCUT2D eigenvalue weighted by Gasteiger charge is 2.16. The zero-order valence-electron chi connectivity index (χ0n) is 9.54. The van der Waals surface area contributed by atoms with Crippen LogP contribution in [0.3, 0.4) is 0 Å². The summed E-state index contributed by atoms with van der Waals surface area (Å²) in [6, 6.07) is 7.63. The summed E-state index contributed by atoms with van der Waals surface area (Å²) >= 11 is 9.84. The Morgan fingerprint density at radius 1 is 1.35 bits per heavy atom. The molecule has 0 amide bonds. The summed E-state index contributed by atoms with van der Waals surface area (Å²) in [7, 11) is 1.62. The van der Waals surface area contributed by atoms with Crippen molar-refractivity contribution >= 4 is 27.5 Å². The monoisotopic (exact) mass is 314 g/mol. The molecular weight excluding hydrogens is 303 g/mol. The fraction of sp³-hybridized carbons (Fsp3) is 0.231. The fourth-order valence-electron chi connectivity index (χ4n) is 1.62. The Kier molecular flexibility index (Phi) is 3.79. The minimum absolute atomic E-state index is 0.0263. The number of alkyl halides is 1. The lowest BCUT2D eigenvalue weighted by atomic mass is 10.1. The molecule has 0 spiro atoms. The Morgan fingerprint density at radius 3 is 2.65 bits per heavy atom. The third kappa shape index (κ3) is 2.67. The van der Waals surface area contributed by atoms with E-state index < -0.39 is 0 Å². The van der Waals surface area contributed by atoms with Crippen LogP contribution in [-0.2, 0) is 0 Å². The van der Waals surface area contributed by atoms with Gasteiger partial charge in [0.15, 0.2) is 0 Å². The standard InChI is InChI=1S/C13H12BrClO2/c1-8-5-9(7-17-8)13(14)11-4-3-10(16-2)6-12(11)15/h3-7,13H,1-2H3. The van der Waals surface area contributed by atoms with Crippen molar-refractivity contribution in [1.29, 1.82) is 0 Å². The van der Waals surface area contributed by atoms with Gasteiger partial charge >= 0.3 is 0 Å². The van der Waals surface area contributed by atoms with E-state index in [1.807, 2.05) is 25.1 Å². The number of aryl methyl sites for hydroxylation is 1. The summed E-state index contributed by atoms with van der Waals surface area (Å²) in [5.74, 6) is 1.64. The van der Waals surface area contributed by atoms with E-state index in [4.69, 9.17) is 20.8 Å². The van der Waals surface area contributed by atoms with Crippen LogP contribution in [0.25, 0.3) is 0 Å². The minimum Gasteiger partial charge on any atom is -0.497 e. The molecule has 1 unspecified atom stereocenters.